The second-order valence-electron chi connectivity index (χ2n) is 4.78. The number of H-pyrrole nitrogens is 1. The van der Waals surface area contributed by atoms with Crippen molar-refractivity contribution in [2.45, 2.75) is 6.42 Å². The smallest absolute Gasteiger partial charge is 0.163 e. The number of aromatic nitrogens is 2. The number of benzene rings is 2. The summed E-state index contributed by atoms with van der Waals surface area (Å²) in [4.78, 5) is 7.88. The lowest BCUT2D eigenvalue weighted by Gasteiger charge is -2.06. The fourth-order valence-electron chi connectivity index (χ4n) is 2.35. The van der Waals surface area contributed by atoms with Crippen LogP contribution >= 0.6 is 0 Å². The summed E-state index contributed by atoms with van der Waals surface area (Å²) in [6.07, 6.45) is 0.659. The lowest BCUT2D eigenvalue weighted by molar-refractivity contribution is 0.356. The maximum absolute atomic E-state index is 5.97. The van der Waals surface area contributed by atoms with Gasteiger partial charge in [0.2, 0.25) is 0 Å². The van der Waals surface area contributed by atoms with Gasteiger partial charge in [-0.25, -0.2) is 4.98 Å². The summed E-state index contributed by atoms with van der Waals surface area (Å²) in [5.41, 5.74) is 9.55. The van der Waals surface area contributed by atoms with Crippen LogP contribution in [0, 0.1) is 0 Å². The highest BCUT2D eigenvalue weighted by molar-refractivity contribution is 5.80. The van der Waals surface area contributed by atoms with E-state index in [0.29, 0.717) is 17.9 Å². The molecule has 0 amide bonds. The number of fused-ring (bicyclic) bond motifs is 1. The number of nitrogens with zero attached hydrogens (tertiary/aromatic N) is 1. The molecule has 0 saturated carbocycles. The zero-order valence-electron chi connectivity index (χ0n) is 12.0. The van der Waals surface area contributed by atoms with E-state index in [0.717, 1.165) is 28.1 Å². The molecule has 0 saturated heterocycles. The molecule has 1 heterocycles. The van der Waals surface area contributed by atoms with Crippen molar-refractivity contribution >= 4 is 16.7 Å². The summed E-state index contributed by atoms with van der Waals surface area (Å²) in [6.45, 7) is 0. The minimum atomic E-state index is 0.659. The fourth-order valence-corrected chi connectivity index (χ4v) is 2.35. The molecule has 2 aromatic carbocycles. The summed E-state index contributed by atoms with van der Waals surface area (Å²) in [7, 11) is 3.23. The summed E-state index contributed by atoms with van der Waals surface area (Å²) in [6, 6.07) is 11.5. The number of aromatic amines is 1. The number of nitrogen functional groups attached to an aromatic ring is 1. The molecule has 3 N–H and O–H groups in total. The molecule has 0 fully saturated rings. The number of para-hydroxylation sites is 1. The summed E-state index contributed by atoms with van der Waals surface area (Å²) >= 11 is 0. The lowest BCUT2D eigenvalue weighted by Crippen LogP contribution is -1.96. The first-order valence-electron chi connectivity index (χ1n) is 6.65. The molecule has 5 nitrogen and oxygen atoms in total. The number of imidazole rings is 1. The van der Waals surface area contributed by atoms with E-state index >= 15 is 0 Å². The van der Waals surface area contributed by atoms with E-state index < -0.39 is 0 Å². The number of anilines is 1. The topological polar surface area (TPSA) is 73.2 Å². The molecule has 5 heteroatoms. The zero-order valence-corrected chi connectivity index (χ0v) is 12.0. The molecule has 0 radical (unpaired) electrons. The summed E-state index contributed by atoms with van der Waals surface area (Å²) < 4.78 is 10.6. The van der Waals surface area contributed by atoms with Crippen molar-refractivity contribution in [2.24, 2.45) is 0 Å². The van der Waals surface area contributed by atoms with Crippen LogP contribution in [0.25, 0.3) is 11.0 Å². The van der Waals surface area contributed by atoms with Gasteiger partial charge >= 0.3 is 0 Å². The molecule has 0 spiro atoms. The van der Waals surface area contributed by atoms with Gasteiger partial charge in [0.15, 0.2) is 11.5 Å². The van der Waals surface area contributed by atoms with Crippen LogP contribution < -0.4 is 15.2 Å². The van der Waals surface area contributed by atoms with Crippen molar-refractivity contribution in [3.63, 3.8) is 0 Å². The largest absolute Gasteiger partial charge is 0.493 e. The summed E-state index contributed by atoms with van der Waals surface area (Å²) in [5.74, 6) is 2.21. The fraction of sp³-hybridized carbons (Fsp3) is 0.188. The summed E-state index contributed by atoms with van der Waals surface area (Å²) in [5, 5.41) is 0. The van der Waals surface area contributed by atoms with E-state index in [1.807, 2.05) is 36.4 Å². The van der Waals surface area contributed by atoms with E-state index in [2.05, 4.69) is 9.97 Å². The number of ether oxygens (including phenoxy) is 2. The van der Waals surface area contributed by atoms with Gasteiger partial charge in [0.05, 0.1) is 25.3 Å². The van der Waals surface area contributed by atoms with E-state index in [-0.39, 0.29) is 0 Å². The van der Waals surface area contributed by atoms with Gasteiger partial charge in [-0.2, -0.15) is 0 Å². The molecule has 0 aliphatic rings. The Morgan fingerprint density at radius 1 is 1.10 bits per heavy atom. The van der Waals surface area contributed by atoms with Gasteiger partial charge in [0.1, 0.15) is 5.82 Å². The first-order valence-corrected chi connectivity index (χ1v) is 6.65. The van der Waals surface area contributed by atoms with Gasteiger partial charge in [-0.15, -0.1) is 0 Å². The Labute approximate surface area is 122 Å². The maximum Gasteiger partial charge on any atom is 0.163 e. The van der Waals surface area contributed by atoms with Crippen LogP contribution in [0.1, 0.15) is 11.4 Å². The van der Waals surface area contributed by atoms with Gasteiger partial charge in [0, 0.05) is 24.2 Å². The molecule has 3 aromatic rings. The quantitative estimate of drug-likeness (QED) is 0.722. The molecule has 0 aliphatic carbocycles. The molecular formula is C16H17N3O2. The van der Waals surface area contributed by atoms with Crippen LogP contribution in [-0.2, 0) is 6.42 Å². The molecule has 0 unspecified atom stereocenters. The van der Waals surface area contributed by atoms with E-state index in [1.165, 1.54) is 0 Å². The Bertz CT molecular complexity index is 739. The molecule has 108 valence electrons. The van der Waals surface area contributed by atoms with Crippen LogP contribution in [0.3, 0.4) is 0 Å². The Balaban J connectivity index is 1.99. The van der Waals surface area contributed by atoms with Crippen molar-refractivity contribution in [2.75, 3.05) is 20.0 Å². The SMILES string of the molecule is COc1cc2nc(Cc3ccccc3N)[nH]c2cc1OC. The molecule has 3 rings (SSSR count). The molecule has 1 aromatic heterocycles. The lowest BCUT2D eigenvalue weighted by atomic mass is 10.1. The van der Waals surface area contributed by atoms with Crippen LogP contribution in [0.15, 0.2) is 36.4 Å². The highest BCUT2D eigenvalue weighted by atomic mass is 16.5. The second-order valence-corrected chi connectivity index (χ2v) is 4.78. The third-order valence-corrected chi connectivity index (χ3v) is 3.45. The predicted octanol–water partition coefficient (Wildman–Crippen LogP) is 2.75. The average molecular weight is 283 g/mol. The standard InChI is InChI=1S/C16H17N3O2/c1-20-14-8-12-13(9-15(14)21-2)19-16(18-12)7-10-5-3-4-6-11(10)17/h3-6,8-9H,7,17H2,1-2H3,(H,18,19). The van der Waals surface area contributed by atoms with Crippen LogP contribution in [-0.4, -0.2) is 24.2 Å². The van der Waals surface area contributed by atoms with Crippen LogP contribution in [0.5, 0.6) is 11.5 Å². The van der Waals surface area contributed by atoms with Gasteiger partial charge in [0.25, 0.3) is 0 Å². The maximum atomic E-state index is 5.97. The van der Waals surface area contributed by atoms with Crippen molar-refractivity contribution in [1.82, 2.24) is 9.97 Å². The number of nitrogens with two attached hydrogens (primary N) is 1. The van der Waals surface area contributed by atoms with Crippen molar-refractivity contribution in [1.29, 1.82) is 0 Å². The monoisotopic (exact) mass is 283 g/mol. The minimum Gasteiger partial charge on any atom is -0.493 e. The second kappa shape index (κ2) is 5.36. The zero-order chi connectivity index (χ0) is 14.8. The number of nitrogens with one attached hydrogen (secondary N) is 1. The Morgan fingerprint density at radius 2 is 1.81 bits per heavy atom. The number of methoxy groups -OCH3 is 2. The third-order valence-electron chi connectivity index (χ3n) is 3.45. The first kappa shape index (κ1) is 13.3. The minimum absolute atomic E-state index is 0.659. The molecule has 0 aliphatic heterocycles. The molecule has 21 heavy (non-hydrogen) atoms. The predicted molar refractivity (Wildman–Crippen MR) is 82.9 cm³/mol. The van der Waals surface area contributed by atoms with Crippen LogP contribution in [0.4, 0.5) is 5.69 Å². The number of hydrogen-bond donors (Lipinski definition) is 2. The first-order chi connectivity index (χ1) is 10.2. The van der Waals surface area contributed by atoms with E-state index in [1.54, 1.807) is 14.2 Å². The van der Waals surface area contributed by atoms with Crippen LogP contribution in [0.2, 0.25) is 0 Å². The van der Waals surface area contributed by atoms with Crippen molar-refractivity contribution in [3.05, 3.63) is 47.8 Å². The molecule has 0 atom stereocenters. The Kier molecular flexibility index (Phi) is 3.39. The number of rotatable bonds is 4. The van der Waals surface area contributed by atoms with Gasteiger partial charge in [-0.05, 0) is 11.6 Å². The average Bonchev–Trinajstić information content (AvgIpc) is 2.89. The van der Waals surface area contributed by atoms with Gasteiger partial charge in [-0.3, -0.25) is 0 Å². The Morgan fingerprint density at radius 3 is 2.52 bits per heavy atom. The van der Waals surface area contributed by atoms with E-state index in [9.17, 15) is 0 Å². The van der Waals surface area contributed by atoms with Crippen molar-refractivity contribution in [3.8, 4) is 11.5 Å². The highest BCUT2D eigenvalue weighted by Gasteiger charge is 2.11. The van der Waals surface area contributed by atoms with E-state index in [4.69, 9.17) is 15.2 Å². The van der Waals surface area contributed by atoms with Gasteiger partial charge < -0.3 is 20.2 Å². The van der Waals surface area contributed by atoms with Crippen molar-refractivity contribution < 1.29 is 9.47 Å². The normalized spacial score (nSPS) is 10.8. The third kappa shape index (κ3) is 2.50. The highest BCUT2D eigenvalue weighted by Crippen LogP contribution is 2.31. The molecular weight excluding hydrogens is 266 g/mol. The molecule has 0 bridgehead atoms. The number of hydrogen-bond acceptors (Lipinski definition) is 4. The van der Waals surface area contributed by atoms with Gasteiger partial charge in [-0.1, -0.05) is 18.2 Å². The Hall–Kier alpha value is -2.69.